The van der Waals surface area contributed by atoms with Crippen LogP contribution >= 0.6 is 0 Å². The van der Waals surface area contributed by atoms with Gasteiger partial charge < -0.3 is 18.8 Å². The maximum Gasteiger partial charge on any atom is 0.416 e. The van der Waals surface area contributed by atoms with E-state index in [0.29, 0.717) is 30.2 Å². The molecule has 0 unspecified atom stereocenters. The van der Waals surface area contributed by atoms with E-state index in [0.717, 1.165) is 17.7 Å². The Balaban J connectivity index is 1.91. The van der Waals surface area contributed by atoms with Crippen molar-refractivity contribution in [3.8, 4) is 11.5 Å². The Hall–Kier alpha value is -3.53. The number of halogens is 3. The predicted octanol–water partition coefficient (Wildman–Crippen LogP) is 5.00. The number of aromatic nitrogens is 1. The standard InChI is InChI=1S/C25H28F3N3O4/c1-5-30(2)24(32)21-16-35-23(29-21)15-31(13-17-7-6-8-19(11-17)25(26,27)28)14-18-12-20(33-3)9-10-22(18)34-4/h6-12,16H,5,13-15H2,1-4H3. The highest BCUT2D eigenvalue weighted by atomic mass is 19.4. The minimum atomic E-state index is -4.44. The van der Waals surface area contributed by atoms with Crippen LogP contribution in [0.3, 0.4) is 0 Å². The molecule has 0 saturated heterocycles. The molecule has 0 aliphatic rings. The van der Waals surface area contributed by atoms with Gasteiger partial charge in [-0.25, -0.2) is 4.98 Å². The van der Waals surface area contributed by atoms with Crippen molar-refractivity contribution in [1.29, 1.82) is 0 Å². The second-order valence-corrected chi connectivity index (χ2v) is 7.97. The van der Waals surface area contributed by atoms with Gasteiger partial charge in [0.1, 0.15) is 17.8 Å². The number of methoxy groups -OCH3 is 2. The highest BCUT2D eigenvalue weighted by Crippen LogP contribution is 2.31. The summed E-state index contributed by atoms with van der Waals surface area (Å²) >= 11 is 0. The van der Waals surface area contributed by atoms with Gasteiger partial charge in [-0.3, -0.25) is 9.69 Å². The number of carbonyl (C=O) groups excluding carboxylic acids is 1. The number of oxazole rings is 1. The van der Waals surface area contributed by atoms with Crippen LogP contribution in [0.25, 0.3) is 0 Å². The summed E-state index contributed by atoms with van der Waals surface area (Å²) in [5.74, 6) is 1.21. The first-order valence-corrected chi connectivity index (χ1v) is 10.9. The average molecular weight is 492 g/mol. The van der Waals surface area contributed by atoms with Crippen molar-refractivity contribution in [3.63, 3.8) is 0 Å². The molecule has 188 valence electrons. The Labute approximate surface area is 202 Å². The van der Waals surface area contributed by atoms with E-state index in [2.05, 4.69) is 4.98 Å². The van der Waals surface area contributed by atoms with E-state index in [-0.39, 0.29) is 30.6 Å². The van der Waals surface area contributed by atoms with Gasteiger partial charge in [0.25, 0.3) is 5.91 Å². The number of rotatable bonds is 10. The lowest BCUT2D eigenvalue weighted by molar-refractivity contribution is -0.137. The summed E-state index contributed by atoms with van der Waals surface area (Å²) in [7, 11) is 4.75. The zero-order valence-electron chi connectivity index (χ0n) is 20.1. The summed E-state index contributed by atoms with van der Waals surface area (Å²) in [5, 5.41) is 0. The fourth-order valence-electron chi connectivity index (χ4n) is 3.53. The number of ether oxygens (including phenoxy) is 2. The van der Waals surface area contributed by atoms with Gasteiger partial charge in [0, 0.05) is 32.2 Å². The maximum absolute atomic E-state index is 13.2. The number of hydrogen-bond acceptors (Lipinski definition) is 6. The molecule has 0 atom stereocenters. The van der Waals surface area contributed by atoms with Crippen LogP contribution in [0, 0.1) is 0 Å². The summed E-state index contributed by atoms with van der Waals surface area (Å²) < 4.78 is 56.1. The van der Waals surface area contributed by atoms with Crippen molar-refractivity contribution in [2.75, 3.05) is 27.8 Å². The summed E-state index contributed by atoms with van der Waals surface area (Å²) in [6, 6.07) is 10.5. The number of nitrogens with zero attached hydrogens (tertiary/aromatic N) is 3. The molecule has 1 amide bonds. The molecule has 1 heterocycles. The molecule has 1 aromatic heterocycles. The second-order valence-electron chi connectivity index (χ2n) is 7.97. The quantitative estimate of drug-likeness (QED) is 0.398. The first-order valence-electron chi connectivity index (χ1n) is 10.9. The smallest absolute Gasteiger partial charge is 0.416 e. The lowest BCUT2D eigenvalue weighted by Gasteiger charge is -2.23. The Morgan fingerprint density at radius 1 is 1.06 bits per heavy atom. The van der Waals surface area contributed by atoms with Crippen LogP contribution in [0.1, 0.15) is 40.0 Å². The third kappa shape index (κ3) is 6.75. The highest BCUT2D eigenvalue weighted by molar-refractivity contribution is 5.91. The molecule has 0 N–H and O–H groups in total. The van der Waals surface area contributed by atoms with E-state index in [1.165, 1.54) is 17.2 Å². The van der Waals surface area contributed by atoms with Crippen LogP contribution < -0.4 is 9.47 Å². The Morgan fingerprint density at radius 3 is 2.49 bits per heavy atom. The Kier molecular flexibility index (Phi) is 8.39. The summed E-state index contributed by atoms with van der Waals surface area (Å²) in [4.78, 5) is 20.1. The number of hydrogen-bond donors (Lipinski definition) is 0. The average Bonchev–Trinajstić information content (AvgIpc) is 3.31. The van der Waals surface area contributed by atoms with Gasteiger partial charge in [-0.2, -0.15) is 13.2 Å². The molecule has 0 fully saturated rings. The molecular weight excluding hydrogens is 463 g/mol. The van der Waals surface area contributed by atoms with Crippen molar-refractivity contribution in [1.82, 2.24) is 14.8 Å². The van der Waals surface area contributed by atoms with E-state index in [4.69, 9.17) is 13.9 Å². The number of carbonyl (C=O) groups is 1. The van der Waals surface area contributed by atoms with Gasteiger partial charge in [-0.05, 0) is 36.8 Å². The van der Waals surface area contributed by atoms with Gasteiger partial charge >= 0.3 is 6.18 Å². The minimum absolute atomic E-state index is 0.153. The van der Waals surface area contributed by atoms with E-state index < -0.39 is 11.7 Å². The molecular formula is C25H28F3N3O4. The van der Waals surface area contributed by atoms with Crippen molar-refractivity contribution in [3.05, 3.63) is 77.0 Å². The molecule has 0 aliphatic carbocycles. The van der Waals surface area contributed by atoms with Crippen LogP contribution in [-0.2, 0) is 25.8 Å². The maximum atomic E-state index is 13.2. The monoisotopic (exact) mass is 491 g/mol. The van der Waals surface area contributed by atoms with Crippen LogP contribution in [0.2, 0.25) is 0 Å². The number of benzene rings is 2. The summed E-state index contributed by atoms with van der Waals surface area (Å²) in [6.45, 7) is 2.98. The van der Waals surface area contributed by atoms with Gasteiger partial charge in [0.15, 0.2) is 5.69 Å². The normalized spacial score (nSPS) is 11.5. The molecule has 35 heavy (non-hydrogen) atoms. The second kappa shape index (κ2) is 11.3. The molecule has 2 aromatic carbocycles. The molecule has 0 spiro atoms. The van der Waals surface area contributed by atoms with Crippen molar-refractivity contribution < 1.29 is 31.9 Å². The summed E-state index contributed by atoms with van der Waals surface area (Å²) in [6.07, 6.45) is -3.15. The van der Waals surface area contributed by atoms with Crippen LogP contribution in [-0.4, -0.2) is 48.5 Å². The third-order valence-electron chi connectivity index (χ3n) is 5.49. The molecule has 0 aliphatic heterocycles. The van der Waals surface area contributed by atoms with Crippen molar-refractivity contribution >= 4 is 5.91 Å². The van der Waals surface area contributed by atoms with Crippen molar-refractivity contribution in [2.24, 2.45) is 0 Å². The zero-order valence-corrected chi connectivity index (χ0v) is 20.1. The molecule has 10 heteroatoms. The van der Waals surface area contributed by atoms with Gasteiger partial charge in [0.05, 0.1) is 26.3 Å². The topological polar surface area (TPSA) is 68.0 Å². The summed E-state index contributed by atoms with van der Waals surface area (Å²) in [5.41, 5.74) is 0.686. The van der Waals surface area contributed by atoms with E-state index >= 15 is 0 Å². The third-order valence-corrected chi connectivity index (χ3v) is 5.49. The fraction of sp³-hybridized carbons (Fsp3) is 0.360. The Bertz CT molecular complexity index is 1150. The fourth-order valence-corrected chi connectivity index (χ4v) is 3.53. The largest absolute Gasteiger partial charge is 0.497 e. The number of alkyl halides is 3. The van der Waals surface area contributed by atoms with Crippen LogP contribution in [0.15, 0.2) is 53.1 Å². The van der Waals surface area contributed by atoms with E-state index in [9.17, 15) is 18.0 Å². The predicted molar refractivity (Wildman–Crippen MR) is 123 cm³/mol. The lowest BCUT2D eigenvalue weighted by Crippen LogP contribution is -2.27. The highest BCUT2D eigenvalue weighted by Gasteiger charge is 2.30. The van der Waals surface area contributed by atoms with Gasteiger partial charge in [-0.1, -0.05) is 18.2 Å². The Morgan fingerprint density at radius 2 is 1.83 bits per heavy atom. The molecule has 0 saturated carbocycles. The van der Waals surface area contributed by atoms with E-state index in [1.54, 1.807) is 45.5 Å². The first-order chi connectivity index (χ1) is 16.6. The number of amides is 1. The first kappa shape index (κ1) is 26.1. The van der Waals surface area contributed by atoms with Crippen LogP contribution in [0.5, 0.6) is 11.5 Å². The van der Waals surface area contributed by atoms with E-state index in [1.807, 2.05) is 11.8 Å². The molecule has 0 bridgehead atoms. The van der Waals surface area contributed by atoms with Gasteiger partial charge in [-0.15, -0.1) is 0 Å². The zero-order chi connectivity index (χ0) is 25.6. The molecule has 3 aromatic rings. The molecule has 3 rings (SSSR count). The molecule has 0 radical (unpaired) electrons. The molecule has 7 nitrogen and oxygen atoms in total. The van der Waals surface area contributed by atoms with Gasteiger partial charge in [0.2, 0.25) is 5.89 Å². The van der Waals surface area contributed by atoms with Crippen LogP contribution in [0.4, 0.5) is 13.2 Å². The lowest BCUT2D eigenvalue weighted by atomic mass is 10.1. The van der Waals surface area contributed by atoms with Crippen molar-refractivity contribution in [2.45, 2.75) is 32.7 Å². The SMILES string of the molecule is CCN(C)C(=O)c1coc(CN(Cc2cccc(C(F)(F)F)c2)Cc2cc(OC)ccc2OC)n1. The minimum Gasteiger partial charge on any atom is -0.497 e.